The van der Waals surface area contributed by atoms with E-state index in [0.717, 1.165) is 23.2 Å². The summed E-state index contributed by atoms with van der Waals surface area (Å²) in [7, 11) is 0. The van der Waals surface area contributed by atoms with Crippen molar-refractivity contribution in [3.8, 4) is 0 Å². The molecule has 2 aromatic rings. The first-order valence-corrected chi connectivity index (χ1v) is 6.87. The van der Waals surface area contributed by atoms with E-state index < -0.39 is 0 Å². The summed E-state index contributed by atoms with van der Waals surface area (Å²) in [6.45, 7) is 4.61. The fourth-order valence-electron chi connectivity index (χ4n) is 2.08. The molecular formula is C14H18N2OS. The first-order chi connectivity index (χ1) is 8.67. The highest BCUT2D eigenvalue weighted by Crippen LogP contribution is 2.14. The van der Waals surface area contributed by atoms with Crippen molar-refractivity contribution in [2.75, 3.05) is 5.75 Å². The fraction of sp³-hybridized carbons (Fsp3) is 0.429. The Balaban J connectivity index is 2.60. The van der Waals surface area contributed by atoms with E-state index in [2.05, 4.69) is 24.5 Å². The third-order valence-electron chi connectivity index (χ3n) is 3.29. The van der Waals surface area contributed by atoms with Gasteiger partial charge in [-0.05, 0) is 30.7 Å². The van der Waals surface area contributed by atoms with E-state index in [1.807, 2.05) is 28.8 Å². The summed E-state index contributed by atoms with van der Waals surface area (Å²) in [4.78, 5) is 16.6. The first-order valence-electron chi connectivity index (χ1n) is 6.24. The highest BCUT2D eigenvalue weighted by molar-refractivity contribution is 7.80. The van der Waals surface area contributed by atoms with Gasteiger partial charge in [-0.2, -0.15) is 12.6 Å². The molecule has 1 unspecified atom stereocenters. The molecule has 3 nitrogen and oxygen atoms in total. The maximum Gasteiger partial charge on any atom is 0.272 e. The second kappa shape index (κ2) is 5.57. The molecule has 2 rings (SSSR count). The molecule has 1 aromatic carbocycles. The van der Waals surface area contributed by atoms with E-state index in [0.29, 0.717) is 18.2 Å². The molecule has 0 saturated carbocycles. The van der Waals surface area contributed by atoms with E-state index >= 15 is 0 Å². The minimum atomic E-state index is 0.00827. The van der Waals surface area contributed by atoms with Crippen LogP contribution in [0.1, 0.15) is 19.0 Å². The third kappa shape index (κ3) is 2.43. The van der Waals surface area contributed by atoms with Crippen LogP contribution in [0.25, 0.3) is 11.0 Å². The lowest BCUT2D eigenvalue weighted by Crippen LogP contribution is -2.27. The maximum atomic E-state index is 12.2. The van der Waals surface area contributed by atoms with Gasteiger partial charge in [-0.1, -0.05) is 25.5 Å². The number of para-hydroxylation sites is 2. The van der Waals surface area contributed by atoms with Crippen molar-refractivity contribution in [1.82, 2.24) is 9.55 Å². The third-order valence-corrected chi connectivity index (χ3v) is 3.81. The predicted molar refractivity (Wildman–Crippen MR) is 78.4 cm³/mol. The zero-order valence-corrected chi connectivity index (χ0v) is 11.7. The number of aryl methyl sites for hydroxylation is 1. The molecule has 0 saturated heterocycles. The van der Waals surface area contributed by atoms with Crippen LogP contribution in [-0.4, -0.2) is 15.3 Å². The van der Waals surface area contributed by atoms with Crippen molar-refractivity contribution in [1.29, 1.82) is 0 Å². The van der Waals surface area contributed by atoms with Gasteiger partial charge >= 0.3 is 0 Å². The molecular weight excluding hydrogens is 244 g/mol. The topological polar surface area (TPSA) is 34.9 Å². The van der Waals surface area contributed by atoms with Gasteiger partial charge in [0.15, 0.2) is 0 Å². The van der Waals surface area contributed by atoms with Gasteiger partial charge < -0.3 is 4.57 Å². The molecule has 0 fully saturated rings. The SMILES string of the molecule is CCC(CS)Cn1c(=O)c(C)nc2ccccc21. The van der Waals surface area contributed by atoms with Crippen LogP contribution in [0.2, 0.25) is 0 Å². The van der Waals surface area contributed by atoms with Crippen molar-refractivity contribution < 1.29 is 0 Å². The average Bonchev–Trinajstić information content (AvgIpc) is 2.40. The number of aromatic nitrogens is 2. The monoisotopic (exact) mass is 262 g/mol. The number of hydrogen-bond donors (Lipinski definition) is 1. The second-order valence-electron chi connectivity index (χ2n) is 4.56. The summed E-state index contributed by atoms with van der Waals surface area (Å²) in [5.74, 6) is 1.20. The molecule has 1 atom stereocenters. The van der Waals surface area contributed by atoms with Crippen LogP contribution in [0.15, 0.2) is 29.1 Å². The Morgan fingerprint density at radius 3 is 2.78 bits per heavy atom. The van der Waals surface area contributed by atoms with E-state index in [-0.39, 0.29) is 5.56 Å². The number of hydrogen-bond acceptors (Lipinski definition) is 3. The number of fused-ring (bicyclic) bond motifs is 1. The molecule has 96 valence electrons. The summed E-state index contributed by atoms with van der Waals surface area (Å²) < 4.78 is 1.84. The Morgan fingerprint density at radius 1 is 1.39 bits per heavy atom. The number of benzene rings is 1. The molecule has 4 heteroatoms. The fourth-order valence-corrected chi connectivity index (χ4v) is 2.45. The largest absolute Gasteiger partial charge is 0.305 e. The Morgan fingerprint density at radius 2 is 2.11 bits per heavy atom. The van der Waals surface area contributed by atoms with Gasteiger partial charge in [-0.25, -0.2) is 4.98 Å². The molecule has 0 amide bonds. The van der Waals surface area contributed by atoms with Crippen molar-refractivity contribution >= 4 is 23.7 Å². The molecule has 1 aromatic heterocycles. The Bertz CT molecular complexity index is 602. The predicted octanol–water partition coefficient (Wildman–Crippen LogP) is 2.66. The van der Waals surface area contributed by atoms with Crippen LogP contribution in [0.4, 0.5) is 0 Å². The molecule has 0 N–H and O–H groups in total. The highest BCUT2D eigenvalue weighted by atomic mass is 32.1. The lowest BCUT2D eigenvalue weighted by atomic mass is 10.1. The minimum absolute atomic E-state index is 0.00827. The molecule has 0 bridgehead atoms. The van der Waals surface area contributed by atoms with Gasteiger partial charge in [-0.3, -0.25) is 4.79 Å². The maximum absolute atomic E-state index is 12.2. The smallest absolute Gasteiger partial charge is 0.272 e. The van der Waals surface area contributed by atoms with Crippen LogP contribution in [0.3, 0.4) is 0 Å². The van der Waals surface area contributed by atoms with Crippen LogP contribution >= 0.6 is 12.6 Å². The molecule has 0 aliphatic heterocycles. The summed E-state index contributed by atoms with van der Waals surface area (Å²) in [6.07, 6.45) is 1.02. The van der Waals surface area contributed by atoms with Crippen LogP contribution in [0.5, 0.6) is 0 Å². The molecule has 0 radical (unpaired) electrons. The Kier molecular flexibility index (Phi) is 4.07. The van der Waals surface area contributed by atoms with Crippen molar-refractivity contribution in [3.05, 3.63) is 40.3 Å². The van der Waals surface area contributed by atoms with E-state index in [1.54, 1.807) is 6.92 Å². The van der Waals surface area contributed by atoms with E-state index in [9.17, 15) is 4.79 Å². The molecule has 0 spiro atoms. The first kappa shape index (κ1) is 13.1. The van der Waals surface area contributed by atoms with Crippen molar-refractivity contribution in [3.63, 3.8) is 0 Å². The molecule has 18 heavy (non-hydrogen) atoms. The number of nitrogens with zero attached hydrogens (tertiary/aromatic N) is 2. The standard InChI is InChI=1S/C14H18N2OS/c1-3-11(9-18)8-16-13-7-5-4-6-12(13)15-10(2)14(16)17/h4-7,11,18H,3,8-9H2,1-2H3. The molecule has 0 aliphatic rings. The van der Waals surface area contributed by atoms with Gasteiger partial charge in [0.2, 0.25) is 0 Å². The van der Waals surface area contributed by atoms with Crippen LogP contribution in [0, 0.1) is 12.8 Å². The van der Waals surface area contributed by atoms with Crippen molar-refractivity contribution in [2.45, 2.75) is 26.8 Å². The zero-order valence-electron chi connectivity index (χ0n) is 10.8. The second-order valence-corrected chi connectivity index (χ2v) is 4.92. The van der Waals surface area contributed by atoms with Gasteiger partial charge in [0.05, 0.1) is 11.0 Å². The highest BCUT2D eigenvalue weighted by Gasteiger charge is 2.11. The zero-order chi connectivity index (χ0) is 13.1. The Labute approximate surface area is 112 Å². The summed E-state index contributed by atoms with van der Waals surface area (Å²) in [5.41, 5.74) is 2.36. The van der Waals surface area contributed by atoms with Crippen molar-refractivity contribution in [2.24, 2.45) is 5.92 Å². The van der Waals surface area contributed by atoms with Gasteiger partial charge in [0, 0.05) is 6.54 Å². The van der Waals surface area contributed by atoms with Crippen LogP contribution < -0.4 is 5.56 Å². The van der Waals surface area contributed by atoms with E-state index in [1.165, 1.54) is 0 Å². The lowest BCUT2D eigenvalue weighted by Gasteiger charge is -2.16. The molecule has 1 heterocycles. The van der Waals surface area contributed by atoms with Gasteiger partial charge in [0.25, 0.3) is 5.56 Å². The Hall–Kier alpha value is -1.29. The number of thiol groups is 1. The minimum Gasteiger partial charge on any atom is -0.305 e. The molecule has 0 aliphatic carbocycles. The number of rotatable bonds is 4. The summed E-state index contributed by atoms with van der Waals surface area (Å²) in [6, 6.07) is 7.78. The van der Waals surface area contributed by atoms with E-state index in [4.69, 9.17) is 0 Å². The van der Waals surface area contributed by atoms with Gasteiger partial charge in [0.1, 0.15) is 5.69 Å². The van der Waals surface area contributed by atoms with Crippen LogP contribution in [-0.2, 0) is 6.54 Å². The summed E-state index contributed by atoms with van der Waals surface area (Å²) >= 11 is 4.35. The lowest BCUT2D eigenvalue weighted by molar-refractivity contribution is 0.475. The normalized spacial score (nSPS) is 12.8. The quantitative estimate of drug-likeness (QED) is 0.860. The summed E-state index contributed by atoms with van der Waals surface area (Å²) in [5, 5.41) is 0. The average molecular weight is 262 g/mol. The van der Waals surface area contributed by atoms with Gasteiger partial charge in [-0.15, -0.1) is 0 Å².